The number of hydrogen-bond donors (Lipinski definition) is 2. The summed E-state index contributed by atoms with van der Waals surface area (Å²) in [7, 11) is 2.10. The van der Waals surface area contributed by atoms with E-state index < -0.39 is 6.10 Å². The Hall–Kier alpha value is -1.10. The van der Waals surface area contributed by atoms with Gasteiger partial charge in [0, 0.05) is 25.7 Å². The highest BCUT2D eigenvalue weighted by molar-refractivity contribution is 5.35. The van der Waals surface area contributed by atoms with Crippen LogP contribution in [0.1, 0.15) is 25.0 Å². The fraction of sp³-hybridized carbons (Fsp3) is 0.647. The van der Waals surface area contributed by atoms with E-state index in [0.717, 1.165) is 24.4 Å². The molecule has 1 unspecified atom stereocenters. The Balaban J connectivity index is 2.20. The number of benzene rings is 1. The number of rotatable bonds is 9. The maximum Gasteiger partial charge on any atom is 0.122 e. The highest BCUT2D eigenvalue weighted by atomic mass is 16.5. The summed E-state index contributed by atoms with van der Waals surface area (Å²) in [6.07, 6.45) is -0.491. The van der Waals surface area contributed by atoms with Gasteiger partial charge in [0.05, 0.1) is 0 Å². The lowest BCUT2D eigenvalue weighted by Crippen LogP contribution is -2.38. The molecule has 4 heteroatoms. The van der Waals surface area contributed by atoms with Crippen molar-refractivity contribution in [3.8, 4) is 5.75 Å². The zero-order valence-electron chi connectivity index (χ0n) is 14.0. The molecule has 0 saturated heterocycles. The molecule has 0 radical (unpaired) electrons. The molecule has 0 bridgehead atoms. The molecule has 4 nitrogen and oxygen atoms in total. The Morgan fingerprint density at radius 3 is 2.62 bits per heavy atom. The first-order valence-corrected chi connectivity index (χ1v) is 7.69. The van der Waals surface area contributed by atoms with E-state index in [4.69, 9.17) is 4.74 Å². The molecule has 0 aliphatic rings. The van der Waals surface area contributed by atoms with Gasteiger partial charge < -0.3 is 20.1 Å². The molecular weight excluding hydrogens is 264 g/mol. The van der Waals surface area contributed by atoms with Crippen LogP contribution in [0.25, 0.3) is 0 Å². The van der Waals surface area contributed by atoms with Crippen LogP contribution in [0.4, 0.5) is 0 Å². The van der Waals surface area contributed by atoms with Crippen LogP contribution in [0.2, 0.25) is 0 Å². The first kappa shape index (κ1) is 18.0. The molecule has 0 heterocycles. The van der Waals surface area contributed by atoms with Gasteiger partial charge in [0.2, 0.25) is 0 Å². The maximum atomic E-state index is 9.93. The van der Waals surface area contributed by atoms with Gasteiger partial charge in [0.25, 0.3) is 0 Å². The lowest BCUT2D eigenvalue weighted by Gasteiger charge is -2.21. The third-order valence-corrected chi connectivity index (χ3v) is 3.66. The van der Waals surface area contributed by atoms with E-state index in [1.54, 1.807) is 0 Å². The van der Waals surface area contributed by atoms with Crippen molar-refractivity contribution in [2.75, 3.05) is 33.3 Å². The lowest BCUT2D eigenvalue weighted by atomic mass is 10.1. The second-order valence-corrected chi connectivity index (χ2v) is 6.01. The predicted octanol–water partition coefficient (Wildman–Crippen LogP) is 1.97. The minimum Gasteiger partial charge on any atom is -0.491 e. The summed E-state index contributed by atoms with van der Waals surface area (Å²) in [5.74, 6) is 0.846. The number of aryl methyl sites for hydroxylation is 2. The van der Waals surface area contributed by atoms with Gasteiger partial charge in [-0.2, -0.15) is 0 Å². The minimum absolute atomic E-state index is 0.316. The summed E-state index contributed by atoms with van der Waals surface area (Å²) < 4.78 is 5.67. The number of hydrogen-bond acceptors (Lipinski definition) is 4. The summed E-state index contributed by atoms with van der Waals surface area (Å²) in [6.45, 7) is 11.1. The van der Waals surface area contributed by atoms with Gasteiger partial charge in [-0.1, -0.05) is 17.7 Å². The molecule has 1 aromatic rings. The van der Waals surface area contributed by atoms with Gasteiger partial charge in [-0.25, -0.2) is 0 Å². The van der Waals surface area contributed by atoms with E-state index >= 15 is 0 Å². The third-order valence-electron chi connectivity index (χ3n) is 3.66. The largest absolute Gasteiger partial charge is 0.491 e. The predicted molar refractivity (Wildman–Crippen MR) is 88.1 cm³/mol. The summed E-state index contributed by atoms with van der Waals surface area (Å²) in [6, 6.07) is 6.61. The van der Waals surface area contributed by atoms with E-state index in [1.807, 2.05) is 19.1 Å². The molecule has 120 valence electrons. The van der Waals surface area contributed by atoms with Crippen LogP contribution in [0.15, 0.2) is 18.2 Å². The Bertz CT molecular complexity index is 421. The third kappa shape index (κ3) is 6.93. The van der Waals surface area contributed by atoms with Gasteiger partial charge in [0.1, 0.15) is 18.5 Å². The van der Waals surface area contributed by atoms with E-state index in [0.29, 0.717) is 19.2 Å². The Morgan fingerprint density at radius 1 is 1.29 bits per heavy atom. The Kier molecular flexibility index (Phi) is 7.72. The second-order valence-electron chi connectivity index (χ2n) is 6.01. The van der Waals surface area contributed by atoms with Crippen LogP contribution in [0, 0.1) is 13.8 Å². The molecule has 0 aromatic heterocycles. The van der Waals surface area contributed by atoms with Crippen molar-refractivity contribution in [2.24, 2.45) is 0 Å². The standard InChI is InChI=1S/C17H30N2O2/c1-13(2)19(5)9-8-18-11-16(20)12-21-17-7-6-14(3)10-15(17)4/h6-7,10,13,16,18,20H,8-9,11-12H2,1-5H3. The quantitative estimate of drug-likeness (QED) is 0.684. The van der Waals surface area contributed by atoms with Crippen molar-refractivity contribution in [3.05, 3.63) is 29.3 Å². The molecule has 0 saturated carbocycles. The Labute approximate surface area is 129 Å². The van der Waals surface area contributed by atoms with Gasteiger partial charge in [0.15, 0.2) is 0 Å². The zero-order valence-corrected chi connectivity index (χ0v) is 14.0. The van der Waals surface area contributed by atoms with Crippen molar-refractivity contribution >= 4 is 0 Å². The van der Waals surface area contributed by atoms with Crippen LogP contribution >= 0.6 is 0 Å². The number of ether oxygens (including phenoxy) is 1. The first-order valence-electron chi connectivity index (χ1n) is 7.69. The molecule has 0 aliphatic carbocycles. The lowest BCUT2D eigenvalue weighted by molar-refractivity contribution is 0.105. The molecule has 1 rings (SSSR count). The molecule has 21 heavy (non-hydrogen) atoms. The average Bonchev–Trinajstić information content (AvgIpc) is 2.42. The second kappa shape index (κ2) is 9.03. The van der Waals surface area contributed by atoms with E-state index in [-0.39, 0.29) is 0 Å². The number of nitrogens with zero attached hydrogens (tertiary/aromatic N) is 1. The summed E-state index contributed by atoms with van der Waals surface area (Å²) in [4.78, 5) is 2.27. The van der Waals surface area contributed by atoms with E-state index in [2.05, 4.69) is 44.1 Å². The zero-order chi connectivity index (χ0) is 15.8. The number of likely N-dealkylation sites (N-methyl/N-ethyl adjacent to an activating group) is 1. The molecule has 1 aromatic carbocycles. The summed E-state index contributed by atoms with van der Waals surface area (Å²) >= 11 is 0. The normalized spacial score (nSPS) is 13.0. The fourth-order valence-corrected chi connectivity index (χ4v) is 1.99. The highest BCUT2D eigenvalue weighted by Gasteiger charge is 2.07. The van der Waals surface area contributed by atoms with Gasteiger partial charge in [-0.3, -0.25) is 0 Å². The highest BCUT2D eigenvalue weighted by Crippen LogP contribution is 2.18. The van der Waals surface area contributed by atoms with Crippen LogP contribution in [0.3, 0.4) is 0 Å². The molecule has 2 N–H and O–H groups in total. The van der Waals surface area contributed by atoms with Crippen LogP contribution in [-0.2, 0) is 0 Å². The average molecular weight is 294 g/mol. The van der Waals surface area contributed by atoms with Crippen LogP contribution in [0.5, 0.6) is 5.75 Å². The van der Waals surface area contributed by atoms with Gasteiger partial charge in [-0.15, -0.1) is 0 Å². The fourth-order valence-electron chi connectivity index (χ4n) is 1.99. The number of aliphatic hydroxyl groups is 1. The van der Waals surface area contributed by atoms with Crippen molar-refractivity contribution in [2.45, 2.75) is 39.8 Å². The Morgan fingerprint density at radius 2 is 2.00 bits per heavy atom. The first-order chi connectivity index (χ1) is 9.90. The molecule has 0 fully saturated rings. The maximum absolute atomic E-state index is 9.93. The van der Waals surface area contributed by atoms with Crippen LogP contribution < -0.4 is 10.1 Å². The van der Waals surface area contributed by atoms with Crippen molar-refractivity contribution in [1.82, 2.24) is 10.2 Å². The summed E-state index contributed by atoms with van der Waals surface area (Å²) in [5.41, 5.74) is 2.32. The topological polar surface area (TPSA) is 44.7 Å². The summed E-state index contributed by atoms with van der Waals surface area (Å²) in [5, 5.41) is 13.2. The molecule has 0 amide bonds. The van der Waals surface area contributed by atoms with Crippen LogP contribution in [-0.4, -0.2) is 55.4 Å². The monoisotopic (exact) mass is 294 g/mol. The molecule has 0 aliphatic heterocycles. The van der Waals surface area contributed by atoms with Gasteiger partial charge >= 0.3 is 0 Å². The molecular formula is C17H30N2O2. The van der Waals surface area contributed by atoms with E-state index in [9.17, 15) is 5.11 Å². The molecule has 0 spiro atoms. The smallest absolute Gasteiger partial charge is 0.122 e. The van der Waals surface area contributed by atoms with Crippen molar-refractivity contribution in [3.63, 3.8) is 0 Å². The number of nitrogens with one attached hydrogen (secondary N) is 1. The SMILES string of the molecule is Cc1ccc(OCC(O)CNCCN(C)C(C)C)c(C)c1. The molecule has 1 atom stereocenters. The van der Waals surface area contributed by atoms with E-state index in [1.165, 1.54) is 5.56 Å². The minimum atomic E-state index is -0.491. The van der Waals surface area contributed by atoms with Gasteiger partial charge in [-0.05, 0) is 46.4 Å². The number of aliphatic hydroxyl groups excluding tert-OH is 1. The van der Waals surface area contributed by atoms with Crippen molar-refractivity contribution < 1.29 is 9.84 Å². The van der Waals surface area contributed by atoms with Crippen molar-refractivity contribution in [1.29, 1.82) is 0 Å².